The second kappa shape index (κ2) is 13.3. The Morgan fingerprint density at radius 2 is 1.02 bits per heavy atom. The van der Waals surface area contributed by atoms with Gasteiger partial charge in [-0.1, -0.05) is 144 Å². The number of benzene rings is 9. The van der Waals surface area contributed by atoms with E-state index in [2.05, 4.69) is 163 Å². The van der Waals surface area contributed by atoms with E-state index < -0.39 is 8.80 Å². The molecule has 0 aliphatic heterocycles. The first kappa shape index (κ1) is 32.2. The van der Waals surface area contributed by atoms with E-state index in [1.165, 1.54) is 15.6 Å². The number of furan rings is 1. The molecule has 0 saturated heterocycles. The molecular weight excluding hydrogens is 701 g/mol. The van der Waals surface area contributed by atoms with Crippen LogP contribution >= 0.6 is 0 Å². The molecule has 0 bridgehead atoms. The van der Waals surface area contributed by atoms with E-state index in [0.29, 0.717) is 5.89 Å². The van der Waals surface area contributed by atoms with Gasteiger partial charge < -0.3 is 13.7 Å². The van der Waals surface area contributed by atoms with Crippen molar-refractivity contribution in [1.82, 2.24) is 4.98 Å². The number of aromatic nitrogens is 1. The van der Waals surface area contributed by atoms with Crippen molar-refractivity contribution in [3.63, 3.8) is 0 Å². The molecule has 2 aromatic heterocycles. The van der Waals surface area contributed by atoms with Gasteiger partial charge in [-0.05, 0) is 82.0 Å². The fourth-order valence-corrected chi connectivity index (χ4v) is 10.8. The van der Waals surface area contributed by atoms with E-state index in [1.54, 1.807) is 0 Å². The van der Waals surface area contributed by atoms with Gasteiger partial charge in [0.15, 0.2) is 14.4 Å². The van der Waals surface area contributed by atoms with Crippen LogP contribution in [0, 0.1) is 0 Å². The van der Waals surface area contributed by atoms with Crippen molar-refractivity contribution < 1.29 is 8.83 Å². The van der Waals surface area contributed by atoms with Gasteiger partial charge in [0.2, 0.25) is 5.89 Å². The Bertz CT molecular complexity index is 3170. The van der Waals surface area contributed by atoms with Crippen LogP contribution in [0.25, 0.3) is 66.0 Å². The maximum atomic E-state index is 6.61. The van der Waals surface area contributed by atoms with Gasteiger partial charge in [0, 0.05) is 44.9 Å². The summed E-state index contributed by atoms with van der Waals surface area (Å²) in [6.45, 7) is 0. The van der Waals surface area contributed by atoms with Crippen LogP contribution in [0.3, 0.4) is 0 Å². The van der Waals surface area contributed by atoms with Crippen molar-refractivity contribution in [3.05, 3.63) is 200 Å². The quantitative estimate of drug-likeness (QED) is 0.0929. The molecule has 11 rings (SSSR count). The van der Waals surface area contributed by atoms with Crippen molar-refractivity contribution in [2.75, 3.05) is 4.90 Å². The van der Waals surface area contributed by atoms with E-state index in [-0.39, 0.29) is 0 Å². The van der Waals surface area contributed by atoms with Crippen molar-refractivity contribution in [1.29, 1.82) is 0 Å². The van der Waals surface area contributed by atoms with Crippen molar-refractivity contribution in [2.45, 2.75) is 0 Å². The predicted molar refractivity (Wildman–Crippen MR) is 234 cm³/mol. The van der Waals surface area contributed by atoms with Gasteiger partial charge in [-0.25, -0.2) is 4.98 Å². The van der Waals surface area contributed by atoms with Gasteiger partial charge in [-0.15, -0.1) is 0 Å². The van der Waals surface area contributed by atoms with Crippen molar-refractivity contribution in [2.24, 2.45) is 0 Å². The summed E-state index contributed by atoms with van der Waals surface area (Å²) in [6, 6.07) is 71.2. The van der Waals surface area contributed by atoms with Gasteiger partial charge >= 0.3 is 0 Å². The maximum Gasteiger partial charge on any atom is 0.227 e. The monoisotopic (exact) mass is 733 g/mol. The summed E-state index contributed by atoms with van der Waals surface area (Å²) in [5.74, 6) is 0.619. The van der Waals surface area contributed by atoms with Crippen molar-refractivity contribution in [3.8, 4) is 11.5 Å². The summed E-state index contributed by atoms with van der Waals surface area (Å²) in [7, 11) is -1.32. The third kappa shape index (κ3) is 5.48. The molecule has 0 aliphatic rings. The lowest BCUT2D eigenvalue weighted by atomic mass is 10.00. The summed E-state index contributed by atoms with van der Waals surface area (Å²) in [5.41, 5.74) is 7.44. The van der Waals surface area contributed by atoms with Gasteiger partial charge in [0.05, 0.1) is 0 Å². The molecule has 1 radical (unpaired) electrons. The molecule has 0 unspecified atom stereocenters. The molecule has 0 fully saturated rings. The molecule has 2 heterocycles. The number of nitrogens with zero attached hydrogens (tertiary/aromatic N) is 2. The number of oxazole rings is 1. The molecule has 0 aliphatic carbocycles. The lowest BCUT2D eigenvalue weighted by molar-refractivity contribution is 0.623. The second-order valence-electron chi connectivity index (χ2n) is 14.1. The molecular formula is C51H33N2O2Si. The van der Waals surface area contributed by atoms with Crippen LogP contribution in [-0.4, -0.2) is 13.8 Å². The molecule has 0 atom stereocenters. The molecule has 0 spiro atoms. The normalized spacial score (nSPS) is 11.7. The summed E-state index contributed by atoms with van der Waals surface area (Å²) < 4.78 is 13.1. The topological polar surface area (TPSA) is 42.4 Å². The van der Waals surface area contributed by atoms with E-state index in [1.807, 2.05) is 42.5 Å². The Labute approximate surface area is 325 Å². The standard InChI is InChI=1S/C51H33N2O2Si/c1-4-13-36(14-5-1)51-52-46-30-26-35-24-23-34-25-27-38(32-45(34)49(35)50(46)55-51)53(39-28-29-44-43-21-10-11-22-47(43)54-48(44)33-39)37-15-12-20-42(31-37)56(40-16-6-2-7-17-40)41-18-8-3-9-19-41/h1-33H. The van der Waals surface area contributed by atoms with E-state index >= 15 is 0 Å². The molecule has 263 valence electrons. The largest absolute Gasteiger partial charge is 0.456 e. The SMILES string of the molecule is c1ccc(-c2nc3ccc4ccc5ccc(N(c6cccc([Si](c7ccccc7)c7ccccc7)c6)c6ccc7c(c6)oc6ccccc67)cc5c4c3o2)cc1. The van der Waals surface area contributed by atoms with E-state index in [4.69, 9.17) is 13.8 Å². The zero-order valence-corrected chi connectivity index (χ0v) is 31.3. The number of hydrogen-bond acceptors (Lipinski definition) is 4. The lowest BCUT2D eigenvalue weighted by Gasteiger charge is -2.27. The summed E-state index contributed by atoms with van der Waals surface area (Å²) >= 11 is 0. The maximum absolute atomic E-state index is 6.61. The molecule has 0 N–H and O–H groups in total. The fraction of sp³-hybridized carbons (Fsp3) is 0. The van der Waals surface area contributed by atoms with Crippen LogP contribution in [0.15, 0.2) is 209 Å². The summed E-state index contributed by atoms with van der Waals surface area (Å²) in [4.78, 5) is 7.29. The van der Waals surface area contributed by atoms with Crippen molar-refractivity contribution >= 4 is 96.0 Å². The molecule has 4 nitrogen and oxygen atoms in total. The summed E-state index contributed by atoms with van der Waals surface area (Å²) in [5, 5.41) is 10.6. The Balaban J connectivity index is 1.14. The highest BCUT2D eigenvalue weighted by Crippen LogP contribution is 2.41. The Hall–Kier alpha value is -7.21. The van der Waals surface area contributed by atoms with Crippen LogP contribution in [-0.2, 0) is 0 Å². The molecule has 5 heteroatoms. The van der Waals surface area contributed by atoms with E-state index in [9.17, 15) is 0 Å². The Morgan fingerprint density at radius 1 is 0.411 bits per heavy atom. The number of anilines is 3. The zero-order chi connectivity index (χ0) is 37.0. The van der Waals surface area contributed by atoms with Crippen LogP contribution < -0.4 is 20.5 Å². The first-order chi connectivity index (χ1) is 27.7. The minimum absolute atomic E-state index is 0.619. The molecule has 56 heavy (non-hydrogen) atoms. The van der Waals surface area contributed by atoms with Gasteiger partial charge in [-0.2, -0.15) is 0 Å². The van der Waals surface area contributed by atoms with Gasteiger partial charge in [-0.3, -0.25) is 0 Å². The number of fused-ring (bicyclic) bond motifs is 8. The van der Waals surface area contributed by atoms with Gasteiger partial charge in [0.25, 0.3) is 0 Å². The number of rotatable bonds is 7. The molecule has 11 aromatic rings. The molecule has 9 aromatic carbocycles. The number of para-hydroxylation sites is 1. The third-order valence-electron chi connectivity index (χ3n) is 10.8. The first-order valence-corrected chi connectivity index (χ1v) is 20.4. The van der Waals surface area contributed by atoms with Crippen LogP contribution in [0.5, 0.6) is 0 Å². The lowest BCUT2D eigenvalue weighted by Crippen LogP contribution is -2.51. The highest BCUT2D eigenvalue weighted by atomic mass is 28.3. The van der Waals surface area contributed by atoms with E-state index in [0.717, 1.165) is 77.2 Å². The average Bonchev–Trinajstić information content (AvgIpc) is 3.87. The minimum Gasteiger partial charge on any atom is -0.456 e. The highest BCUT2D eigenvalue weighted by Gasteiger charge is 2.23. The second-order valence-corrected chi connectivity index (χ2v) is 16.6. The van der Waals surface area contributed by atoms with Gasteiger partial charge in [0.1, 0.15) is 16.7 Å². The van der Waals surface area contributed by atoms with Crippen LogP contribution in [0.1, 0.15) is 0 Å². The minimum atomic E-state index is -1.32. The third-order valence-corrected chi connectivity index (χ3v) is 13.5. The average molecular weight is 734 g/mol. The summed E-state index contributed by atoms with van der Waals surface area (Å²) in [6.07, 6.45) is 0. The Morgan fingerprint density at radius 3 is 1.82 bits per heavy atom. The fourth-order valence-electron chi connectivity index (χ4n) is 8.16. The Kier molecular flexibility index (Phi) is 7.64. The van der Waals surface area contributed by atoms with Crippen LogP contribution in [0.2, 0.25) is 0 Å². The van der Waals surface area contributed by atoms with Crippen LogP contribution in [0.4, 0.5) is 17.1 Å². The highest BCUT2D eigenvalue weighted by molar-refractivity contribution is 6.95. The molecule has 0 amide bonds. The zero-order valence-electron chi connectivity index (χ0n) is 30.3. The number of hydrogen-bond donors (Lipinski definition) is 0. The predicted octanol–water partition coefficient (Wildman–Crippen LogP) is 11.7. The first-order valence-electron chi connectivity index (χ1n) is 18.9. The smallest absolute Gasteiger partial charge is 0.227 e. The molecule has 0 saturated carbocycles.